The van der Waals surface area contributed by atoms with Gasteiger partial charge in [-0.25, -0.2) is 9.69 Å². The molecule has 1 aliphatic rings. The van der Waals surface area contributed by atoms with Gasteiger partial charge in [0.1, 0.15) is 0 Å². The molecule has 31 heavy (non-hydrogen) atoms. The van der Waals surface area contributed by atoms with Crippen molar-refractivity contribution in [1.29, 1.82) is 0 Å². The van der Waals surface area contributed by atoms with E-state index in [9.17, 15) is 14.4 Å². The smallest absolute Gasteiger partial charge is 0.326 e. The molecule has 0 unspecified atom stereocenters. The Labute approximate surface area is 178 Å². The number of aromatic nitrogens is 2. The van der Waals surface area contributed by atoms with Gasteiger partial charge in [-0.15, -0.1) is 0 Å². The van der Waals surface area contributed by atoms with Crippen LogP contribution in [0.15, 0.2) is 47.3 Å². The molecular formula is C24H22N4O3. The van der Waals surface area contributed by atoms with Crippen LogP contribution in [0.4, 0.5) is 11.4 Å². The highest BCUT2D eigenvalue weighted by atomic mass is 16.2. The molecule has 0 aliphatic carbocycles. The van der Waals surface area contributed by atoms with Gasteiger partial charge in [0.2, 0.25) is 0 Å². The predicted octanol–water partition coefficient (Wildman–Crippen LogP) is 3.95. The van der Waals surface area contributed by atoms with Crippen LogP contribution in [0.2, 0.25) is 0 Å². The van der Waals surface area contributed by atoms with Crippen molar-refractivity contribution in [3.8, 4) is 0 Å². The minimum Gasteiger partial charge on any atom is -0.385 e. The average molecular weight is 414 g/mol. The number of benzene rings is 3. The first-order valence-corrected chi connectivity index (χ1v) is 10.3. The van der Waals surface area contributed by atoms with Gasteiger partial charge in [0.15, 0.2) is 0 Å². The molecule has 156 valence electrons. The second-order valence-electron chi connectivity index (χ2n) is 7.91. The number of nitrogens with zero attached hydrogens (tertiary/aromatic N) is 2. The Hall–Kier alpha value is -3.87. The number of rotatable bonds is 4. The summed E-state index contributed by atoms with van der Waals surface area (Å²) in [5.74, 6) is -0.725. The SMILES string of the molecule is CCCNc1ccc2c3c(cccc13)C(=O)N(c1cc3c(cc1C)[nH]c(=O)n3C)C2=O. The van der Waals surface area contributed by atoms with Gasteiger partial charge in [-0.3, -0.25) is 14.2 Å². The topological polar surface area (TPSA) is 87.2 Å². The van der Waals surface area contributed by atoms with Crippen LogP contribution in [-0.4, -0.2) is 27.9 Å². The lowest BCUT2D eigenvalue weighted by atomic mass is 9.92. The number of aromatic amines is 1. The van der Waals surface area contributed by atoms with E-state index in [4.69, 9.17) is 0 Å². The second-order valence-corrected chi connectivity index (χ2v) is 7.91. The van der Waals surface area contributed by atoms with Gasteiger partial charge >= 0.3 is 5.69 Å². The number of carbonyl (C=O) groups excluding carboxylic acids is 2. The van der Waals surface area contributed by atoms with Crippen LogP contribution in [0.5, 0.6) is 0 Å². The highest BCUT2D eigenvalue weighted by Gasteiger charge is 2.35. The molecule has 0 saturated heterocycles. The highest BCUT2D eigenvalue weighted by Crippen LogP contribution is 2.37. The van der Waals surface area contributed by atoms with Crippen molar-refractivity contribution in [2.24, 2.45) is 7.05 Å². The van der Waals surface area contributed by atoms with Gasteiger partial charge in [-0.05, 0) is 49.2 Å². The summed E-state index contributed by atoms with van der Waals surface area (Å²) in [7, 11) is 1.65. The van der Waals surface area contributed by atoms with Crippen LogP contribution in [-0.2, 0) is 7.05 Å². The summed E-state index contributed by atoms with van der Waals surface area (Å²) in [4.78, 5) is 43.1. The number of amides is 2. The van der Waals surface area contributed by atoms with E-state index in [0.717, 1.165) is 29.6 Å². The number of aryl methyl sites for hydroxylation is 2. The van der Waals surface area contributed by atoms with Gasteiger partial charge in [0, 0.05) is 41.2 Å². The van der Waals surface area contributed by atoms with Crippen LogP contribution in [0, 0.1) is 6.92 Å². The first kappa shape index (κ1) is 19.1. The third-order valence-corrected chi connectivity index (χ3v) is 5.94. The van der Waals surface area contributed by atoms with Crippen molar-refractivity contribution in [3.05, 3.63) is 69.6 Å². The molecule has 2 N–H and O–H groups in total. The van der Waals surface area contributed by atoms with Crippen molar-refractivity contribution >= 4 is 45.0 Å². The number of carbonyl (C=O) groups is 2. The van der Waals surface area contributed by atoms with Crippen LogP contribution in [0.25, 0.3) is 21.8 Å². The van der Waals surface area contributed by atoms with E-state index in [-0.39, 0.29) is 17.5 Å². The highest BCUT2D eigenvalue weighted by molar-refractivity contribution is 6.36. The maximum atomic E-state index is 13.5. The lowest BCUT2D eigenvalue weighted by Gasteiger charge is -2.29. The summed E-state index contributed by atoms with van der Waals surface area (Å²) in [5, 5.41) is 4.93. The molecule has 0 saturated carbocycles. The predicted molar refractivity (Wildman–Crippen MR) is 122 cm³/mol. The molecule has 0 fully saturated rings. The molecule has 1 aliphatic heterocycles. The molecule has 7 heteroatoms. The summed E-state index contributed by atoms with van der Waals surface area (Å²) in [6, 6.07) is 12.7. The summed E-state index contributed by atoms with van der Waals surface area (Å²) in [5.41, 5.74) is 4.17. The third-order valence-electron chi connectivity index (χ3n) is 5.94. The Kier molecular flexibility index (Phi) is 4.22. The van der Waals surface area contributed by atoms with E-state index < -0.39 is 0 Å². The average Bonchev–Trinajstić information content (AvgIpc) is 3.03. The number of imidazole rings is 1. The fourth-order valence-corrected chi connectivity index (χ4v) is 4.34. The Morgan fingerprint density at radius 1 is 1.00 bits per heavy atom. The molecule has 0 bridgehead atoms. The maximum Gasteiger partial charge on any atom is 0.326 e. The molecule has 3 aromatic carbocycles. The molecule has 4 aromatic rings. The summed E-state index contributed by atoms with van der Waals surface area (Å²) in [6.45, 7) is 4.72. The Morgan fingerprint density at radius 2 is 1.74 bits per heavy atom. The number of hydrogen-bond acceptors (Lipinski definition) is 4. The van der Waals surface area contributed by atoms with Crippen LogP contribution < -0.4 is 15.9 Å². The zero-order valence-electron chi connectivity index (χ0n) is 17.6. The molecule has 7 nitrogen and oxygen atoms in total. The zero-order valence-corrected chi connectivity index (χ0v) is 17.6. The molecule has 2 amide bonds. The summed E-state index contributed by atoms with van der Waals surface area (Å²) in [6.07, 6.45) is 0.970. The normalized spacial score (nSPS) is 13.5. The molecule has 5 rings (SSSR count). The third kappa shape index (κ3) is 2.70. The molecule has 1 aromatic heterocycles. The molecule has 0 atom stereocenters. The van der Waals surface area contributed by atoms with Gasteiger partial charge in [-0.1, -0.05) is 19.1 Å². The minimum absolute atomic E-state index is 0.245. The van der Waals surface area contributed by atoms with E-state index in [1.807, 2.05) is 25.1 Å². The Balaban J connectivity index is 1.72. The number of fused-ring (bicyclic) bond motifs is 1. The van der Waals surface area contributed by atoms with E-state index in [1.165, 1.54) is 9.47 Å². The van der Waals surface area contributed by atoms with Crippen molar-refractivity contribution in [3.63, 3.8) is 0 Å². The summed E-state index contributed by atoms with van der Waals surface area (Å²) < 4.78 is 1.47. The first-order chi connectivity index (χ1) is 14.9. The maximum absolute atomic E-state index is 13.5. The minimum atomic E-state index is -0.362. The molecular weight excluding hydrogens is 392 g/mol. The van der Waals surface area contributed by atoms with E-state index in [2.05, 4.69) is 17.2 Å². The number of H-pyrrole nitrogens is 1. The summed E-state index contributed by atoms with van der Waals surface area (Å²) >= 11 is 0. The molecule has 0 spiro atoms. The monoisotopic (exact) mass is 414 g/mol. The van der Waals surface area contributed by atoms with Crippen molar-refractivity contribution < 1.29 is 9.59 Å². The lowest BCUT2D eigenvalue weighted by Crippen LogP contribution is -2.41. The van der Waals surface area contributed by atoms with E-state index in [0.29, 0.717) is 33.2 Å². The van der Waals surface area contributed by atoms with E-state index in [1.54, 1.807) is 31.3 Å². The Morgan fingerprint density at radius 3 is 2.48 bits per heavy atom. The quantitative estimate of drug-likeness (QED) is 0.495. The van der Waals surface area contributed by atoms with Crippen LogP contribution in [0.1, 0.15) is 39.6 Å². The fraction of sp³-hybridized carbons (Fsp3) is 0.208. The fourth-order valence-electron chi connectivity index (χ4n) is 4.34. The van der Waals surface area contributed by atoms with Gasteiger partial charge in [-0.2, -0.15) is 0 Å². The van der Waals surface area contributed by atoms with Crippen molar-refractivity contribution in [2.45, 2.75) is 20.3 Å². The molecule has 0 radical (unpaired) electrons. The van der Waals surface area contributed by atoms with Crippen LogP contribution in [0.3, 0.4) is 0 Å². The van der Waals surface area contributed by atoms with Gasteiger partial charge in [0.05, 0.1) is 16.7 Å². The largest absolute Gasteiger partial charge is 0.385 e. The van der Waals surface area contributed by atoms with Gasteiger partial charge < -0.3 is 10.3 Å². The number of anilines is 2. The number of nitrogens with one attached hydrogen (secondary N) is 2. The second kappa shape index (κ2) is 6.84. The molecule has 2 heterocycles. The number of imide groups is 1. The Bertz CT molecular complexity index is 1440. The van der Waals surface area contributed by atoms with Crippen molar-refractivity contribution in [1.82, 2.24) is 9.55 Å². The standard InChI is InChI=1S/C24H22N4O3/c1-4-10-25-17-9-8-16-21-14(17)6-5-7-15(21)22(29)28(23(16)30)19-12-20-18(11-13(19)2)26-24(31)27(20)3/h5-9,11-12,25H,4,10H2,1-3H3,(H,26,31). The van der Waals surface area contributed by atoms with E-state index >= 15 is 0 Å². The van der Waals surface area contributed by atoms with Crippen molar-refractivity contribution in [2.75, 3.05) is 16.8 Å². The van der Waals surface area contributed by atoms with Crippen LogP contribution >= 0.6 is 0 Å². The first-order valence-electron chi connectivity index (χ1n) is 10.3. The number of hydrogen-bond donors (Lipinski definition) is 2. The zero-order chi connectivity index (χ0) is 21.9. The van der Waals surface area contributed by atoms with Gasteiger partial charge in [0.25, 0.3) is 11.8 Å². The lowest BCUT2D eigenvalue weighted by molar-refractivity contribution is 0.0893.